The average Bonchev–Trinajstić information content (AvgIpc) is 2.63. The Kier molecular flexibility index (Phi) is 5.24. The van der Waals surface area contributed by atoms with Crippen LogP contribution in [0.1, 0.15) is 37.7 Å². The van der Waals surface area contributed by atoms with Gasteiger partial charge in [0.1, 0.15) is 5.75 Å². The summed E-state index contributed by atoms with van der Waals surface area (Å²) < 4.78 is 57.8. The molecule has 1 aliphatic carbocycles. The summed E-state index contributed by atoms with van der Waals surface area (Å²) in [7, 11) is -3.21. The number of hydrogen-bond acceptors (Lipinski definition) is 2. The smallest absolute Gasteiger partial charge is 0.416 e. The van der Waals surface area contributed by atoms with Gasteiger partial charge in [-0.1, -0.05) is 37.5 Å². The van der Waals surface area contributed by atoms with Crippen LogP contribution in [0.15, 0.2) is 54.6 Å². The zero-order chi connectivity index (χ0) is 17.9. The molecule has 134 valence electrons. The lowest BCUT2D eigenvalue weighted by molar-refractivity contribution is -0.137. The van der Waals surface area contributed by atoms with Crippen molar-refractivity contribution in [1.29, 1.82) is 0 Å². The predicted molar refractivity (Wildman–Crippen MR) is 92.6 cm³/mol. The maximum atomic E-state index is 13.8. The van der Waals surface area contributed by atoms with Crippen molar-refractivity contribution in [3.8, 4) is 5.75 Å². The average molecular weight is 368 g/mol. The molecule has 0 saturated heterocycles. The van der Waals surface area contributed by atoms with Crippen LogP contribution in [0.2, 0.25) is 0 Å². The molecule has 3 rings (SSSR count). The summed E-state index contributed by atoms with van der Waals surface area (Å²) >= 11 is 0. The highest BCUT2D eigenvalue weighted by atomic mass is 31.2. The van der Waals surface area contributed by atoms with Gasteiger partial charge in [0.05, 0.1) is 11.2 Å². The van der Waals surface area contributed by atoms with Crippen LogP contribution in [-0.4, -0.2) is 5.66 Å². The SMILES string of the molecule is O=P(Oc1ccc(C(F)(F)F)cc1)(c1ccccc1)C1CCCCC1. The summed E-state index contributed by atoms with van der Waals surface area (Å²) in [6, 6.07) is 13.4. The van der Waals surface area contributed by atoms with E-state index in [1.165, 1.54) is 12.1 Å². The summed E-state index contributed by atoms with van der Waals surface area (Å²) in [6.45, 7) is 0. The first-order valence-corrected chi connectivity index (χ1v) is 10.1. The van der Waals surface area contributed by atoms with Gasteiger partial charge in [-0.3, -0.25) is 4.57 Å². The third-order valence-electron chi connectivity index (χ3n) is 4.59. The van der Waals surface area contributed by atoms with Crippen molar-refractivity contribution in [1.82, 2.24) is 0 Å². The van der Waals surface area contributed by atoms with Gasteiger partial charge in [0, 0.05) is 5.30 Å². The van der Waals surface area contributed by atoms with Crippen molar-refractivity contribution < 1.29 is 22.3 Å². The van der Waals surface area contributed by atoms with Gasteiger partial charge >= 0.3 is 6.18 Å². The summed E-state index contributed by atoms with van der Waals surface area (Å²) in [4.78, 5) is 0. The first-order valence-electron chi connectivity index (χ1n) is 8.42. The molecule has 0 radical (unpaired) electrons. The fourth-order valence-electron chi connectivity index (χ4n) is 3.26. The molecule has 6 heteroatoms. The standard InChI is InChI=1S/C19H20F3O2P/c20-19(21,22)15-11-13-16(14-12-15)24-25(23,17-7-3-1-4-8-17)18-9-5-2-6-10-18/h1,3-4,7-8,11-14,18H,2,5-6,9-10H2. The zero-order valence-corrected chi connectivity index (χ0v) is 14.6. The van der Waals surface area contributed by atoms with E-state index in [0.29, 0.717) is 5.30 Å². The molecule has 2 aromatic rings. The third-order valence-corrected chi connectivity index (χ3v) is 7.57. The Morgan fingerprint density at radius 3 is 2.04 bits per heavy atom. The second-order valence-electron chi connectivity index (χ2n) is 6.34. The van der Waals surface area contributed by atoms with E-state index in [-0.39, 0.29) is 11.4 Å². The summed E-state index contributed by atoms with van der Waals surface area (Å²) in [5.41, 5.74) is -0.835. The van der Waals surface area contributed by atoms with Crippen molar-refractivity contribution in [3.63, 3.8) is 0 Å². The van der Waals surface area contributed by atoms with E-state index in [0.717, 1.165) is 44.2 Å². The topological polar surface area (TPSA) is 26.3 Å². The van der Waals surface area contributed by atoms with Crippen LogP contribution in [0.5, 0.6) is 5.75 Å². The third kappa shape index (κ3) is 4.09. The molecule has 0 aromatic heterocycles. The van der Waals surface area contributed by atoms with Gasteiger partial charge in [-0.05, 0) is 49.2 Å². The molecular weight excluding hydrogens is 348 g/mol. The first-order chi connectivity index (χ1) is 11.9. The van der Waals surface area contributed by atoms with E-state index in [1.807, 2.05) is 6.07 Å². The molecule has 0 N–H and O–H groups in total. The molecule has 2 aromatic carbocycles. The lowest BCUT2D eigenvalue weighted by atomic mass is 10.0. The van der Waals surface area contributed by atoms with E-state index >= 15 is 0 Å². The van der Waals surface area contributed by atoms with Crippen molar-refractivity contribution in [2.75, 3.05) is 0 Å². The van der Waals surface area contributed by atoms with Crippen molar-refractivity contribution in [2.45, 2.75) is 43.9 Å². The lowest BCUT2D eigenvalue weighted by Crippen LogP contribution is -2.23. The fraction of sp³-hybridized carbons (Fsp3) is 0.368. The quantitative estimate of drug-likeness (QED) is 0.617. The number of halogens is 3. The Bertz CT molecular complexity index is 736. The molecule has 0 amide bonds. The van der Waals surface area contributed by atoms with E-state index in [2.05, 4.69) is 0 Å². The highest BCUT2D eigenvalue weighted by Gasteiger charge is 2.38. The van der Waals surface area contributed by atoms with E-state index < -0.39 is 19.1 Å². The molecule has 1 atom stereocenters. The molecule has 0 bridgehead atoms. The van der Waals surface area contributed by atoms with Gasteiger partial charge in [0.2, 0.25) is 0 Å². The second kappa shape index (κ2) is 7.25. The number of rotatable bonds is 4. The van der Waals surface area contributed by atoms with E-state index in [9.17, 15) is 17.7 Å². The molecule has 1 saturated carbocycles. The number of alkyl halides is 3. The molecule has 0 heterocycles. The van der Waals surface area contributed by atoms with Crippen LogP contribution >= 0.6 is 7.37 Å². The van der Waals surface area contributed by atoms with Gasteiger partial charge < -0.3 is 4.52 Å². The Labute approximate surface area is 145 Å². The first kappa shape index (κ1) is 18.1. The molecule has 0 aliphatic heterocycles. The highest BCUT2D eigenvalue weighted by Crippen LogP contribution is 2.55. The van der Waals surface area contributed by atoms with Crippen LogP contribution in [0.4, 0.5) is 13.2 Å². The van der Waals surface area contributed by atoms with Gasteiger partial charge in [0.15, 0.2) is 0 Å². The maximum absolute atomic E-state index is 13.8. The Hall–Kier alpha value is -1.74. The summed E-state index contributed by atoms with van der Waals surface area (Å²) in [6.07, 6.45) is 0.339. The van der Waals surface area contributed by atoms with E-state index in [4.69, 9.17) is 4.52 Å². The van der Waals surface area contributed by atoms with Gasteiger partial charge in [-0.2, -0.15) is 13.2 Å². The minimum absolute atomic E-state index is 0.0917. The predicted octanol–water partition coefficient (Wildman–Crippen LogP) is 6.02. The number of hydrogen-bond donors (Lipinski definition) is 0. The summed E-state index contributed by atoms with van der Waals surface area (Å²) in [5.74, 6) is 0.214. The fourth-order valence-corrected chi connectivity index (χ4v) is 6.00. The van der Waals surface area contributed by atoms with Crippen molar-refractivity contribution in [2.24, 2.45) is 0 Å². The number of benzene rings is 2. The normalized spacial score (nSPS) is 18.5. The summed E-state index contributed by atoms with van der Waals surface area (Å²) in [5, 5.41) is 0.627. The Morgan fingerprint density at radius 2 is 1.48 bits per heavy atom. The van der Waals surface area contributed by atoms with Crippen molar-refractivity contribution >= 4 is 12.7 Å². The molecule has 0 spiro atoms. The monoisotopic (exact) mass is 368 g/mol. The minimum atomic E-state index is -4.40. The highest BCUT2D eigenvalue weighted by molar-refractivity contribution is 7.68. The Balaban J connectivity index is 1.91. The molecule has 1 fully saturated rings. The van der Waals surface area contributed by atoms with Crippen molar-refractivity contribution in [3.05, 3.63) is 60.2 Å². The maximum Gasteiger partial charge on any atom is 0.416 e. The molecular formula is C19H20F3O2P. The molecule has 2 nitrogen and oxygen atoms in total. The second-order valence-corrected chi connectivity index (χ2v) is 8.96. The minimum Gasteiger partial charge on any atom is -0.440 e. The van der Waals surface area contributed by atoms with Gasteiger partial charge in [0.25, 0.3) is 7.37 Å². The molecule has 1 unspecified atom stereocenters. The van der Waals surface area contributed by atoms with Gasteiger partial charge in [-0.15, -0.1) is 0 Å². The zero-order valence-electron chi connectivity index (χ0n) is 13.7. The van der Waals surface area contributed by atoms with Crippen LogP contribution < -0.4 is 9.83 Å². The van der Waals surface area contributed by atoms with Crippen LogP contribution in [-0.2, 0) is 10.7 Å². The molecule has 1 aliphatic rings. The van der Waals surface area contributed by atoms with Gasteiger partial charge in [-0.25, -0.2) is 0 Å². The lowest BCUT2D eigenvalue weighted by Gasteiger charge is -2.31. The Morgan fingerprint density at radius 1 is 0.880 bits per heavy atom. The van der Waals surface area contributed by atoms with Crippen LogP contribution in [0, 0.1) is 0 Å². The van der Waals surface area contributed by atoms with E-state index in [1.54, 1.807) is 24.3 Å². The largest absolute Gasteiger partial charge is 0.440 e. The molecule has 25 heavy (non-hydrogen) atoms. The van der Waals surface area contributed by atoms with Crippen LogP contribution in [0.25, 0.3) is 0 Å². The van der Waals surface area contributed by atoms with Crippen LogP contribution in [0.3, 0.4) is 0 Å².